The van der Waals surface area contributed by atoms with Crippen molar-refractivity contribution in [2.75, 3.05) is 0 Å². The molecule has 0 aromatic carbocycles. The van der Waals surface area contributed by atoms with Gasteiger partial charge in [0.1, 0.15) is 0 Å². The van der Waals surface area contributed by atoms with Crippen LogP contribution in [0.15, 0.2) is 24.8 Å². The maximum absolute atomic E-state index is 8.88. The van der Waals surface area contributed by atoms with Crippen LogP contribution in [0, 0.1) is 0 Å². The van der Waals surface area contributed by atoms with Gasteiger partial charge in [-0.25, -0.2) is 4.57 Å². The second-order valence-corrected chi connectivity index (χ2v) is 2.61. The summed E-state index contributed by atoms with van der Waals surface area (Å²) < 4.78 is 8.88. The Hall–Kier alpha value is -0.410. The summed E-state index contributed by atoms with van der Waals surface area (Å²) in [6, 6.07) is 0. The highest BCUT2D eigenvalue weighted by Crippen LogP contribution is 2.25. The van der Waals surface area contributed by atoms with Crippen LogP contribution in [0.5, 0.6) is 0 Å². The molecule has 0 fully saturated rings. The van der Waals surface area contributed by atoms with Crippen LogP contribution in [0.2, 0.25) is 0 Å². The van der Waals surface area contributed by atoms with E-state index in [9.17, 15) is 0 Å². The highest BCUT2D eigenvalue weighted by atomic mass is 31.2. The first kappa shape index (κ1) is 13.2. The highest BCUT2D eigenvalue weighted by Gasteiger charge is 2.00. The van der Waals surface area contributed by atoms with Crippen LogP contribution in [0.4, 0.5) is 0 Å². The molecule has 0 spiro atoms. The molecule has 5 heteroatoms. The maximum atomic E-state index is 8.88. The zero-order chi connectivity index (χ0) is 9.33. The third-order valence-corrected chi connectivity index (χ3v) is 0.508. The molecular weight excluding hydrogens is 167 g/mol. The third kappa shape index (κ3) is 82.4. The molecule has 0 saturated heterocycles. The minimum absolute atomic E-state index is 1.10. The van der Waals surface area contributed by atoms with Crippen LogP contribution < -0.4 is 0 Å². The number of hydrogen-bond donors (Lipinski definition) is 3. The number of rotatable bonds is 2. The van der Waals surface area contributed by atoms with E-state index in [2.05, 4.69) is 19.6 Å². The summed E-state index contributed by atoms with van der Waals surface area (Å²) >= 11 is 0. The summed E-state index contributed by atoms with van der Waals surface area (Å²) in [5.41, 5.74) is 0. The van der Waals surface area contributed by atoms with Crippen LogP contribution in [0.1, 0.15) is 13.3 Å². The highest BCUT2D eigenvalue weighted by molar-refractivity contribution is 7.45. The molecule has 3 N–H and O–H groups in total. The molecule has 0 radical (unpaired) electrons. The third-order valence-electron chi connectivity index (χ3n) is 0.508. The number of allylic oxidation sites excluding steroid dienone is 3. The van der Waals surface area contributed by atoms with Crippen molar-refractivity contribution in [3.8, 4) is 0 Å². The van der Waals surface area contributed by atoms with Gasteiger partial charge in [0.2, 0.25) is 0 Å². The first-order valence-corrected chi connectivity index (χ1v) is 4.54. The van der Waals surface area contributed by atoms with E-state index in [1.54, 1.807) is 6.08 Å². The van der Waals surface area contributed by atoms with Crippen LogP contribution in [0.3, 0.4) is 0 Å². The Morgan fingerprint density at radius 3 is 1.91 bits per heavy atom. The predicted octanol–water partition coefficient (Wildman–Crippen LogP) is 1.21. The van der Waals surface area contributed by atoms with Gasteiger partial charge < -0.3 is 14.7 Å². The van der Waals surface area contributed by atoms with Crippen LogP contribution in [-0.4, -0.2) is 14.7 Å². The Labute approximate surface area is 66.1 Å². The molecule has 0 heterocycles. The van der Waals surface area contributed by atoms with Gasteiger partial charge in [-0.15, -0.1) is 0 Å². The van der Waals surface area contributed by atoms with E-state index in [1.807, 2.05) is 6.08 Å². The molecule has 0 aliphatic rings. The minimum Gasteiger partial charge on any atom is -0.303 e. The molecule has 0 aliphatic carbocycles. The lowest BCUT2D eigenvalue weighted by molar-refractivity contribution is 0.275. The van der Waals surface area contributed by atoms with Crippen LogP contribution in [-0.2, 0) is 4.57 Å². The van der Waals surface area contributed by atoms with E-state index in [0.717, 1.165) is 6.42 Å². The lowest BCUT2D eigenvalue weighted by Crippen LogP contribution is -1.66. The Morgan fingerprint density at radius 1 is 1.45 bits per heavy atom. The SMILES string of the molecule is C=C/C=C/CC.O=P(O)(O)O. The molecule has 0 aliphatic heterocycles. The van der Waals surface area contributed by atoms with Crippen molar-refractivity contribution in [2.24, 2.45) is 0 Å². The summed E-state index contributed by atoms with van der Waals surface area (Å²) in [6.07, 6.45) is 6.89. The molecular formula is C6H13O4P. The Kier molecular flexibility index (Phi) is 9.23. The van der Waals surface area contributed by atoms with E-state index in [-0.39, 0.29) is 0 Å². The van der Waals surface area contributed by atoms with Gasteiger partial charge in [0.25, 0.3) is 0 Å². The monoisotopic (exact) mass is 180 g/mol. The Morgan fingerprint density at radius 2 is 1.82 bits per heavy atom. The molecule has 0 saturated carbocycles. The number of hydrogen-bond acceptors (Lipinski definition) is 1. The standard InChI is InChI=1S/C6H10.H3O4P/c1-3-5-6-4-2;1-5(2,3)4/h3,5-6H,1,4H2,2H3;(H3,1,2,3,4)/b6-5+;. The summed E-state index contributed by atoms with van der Waals surface area (Å²) in [4.78, 5) is 21.6. The van der Waals surface area contributed by atoms with Crippen molar-refractivity contribution in [2.45, 2.75) is 13.3 Å². The summed E-state index contributed by atoms with van der Waals surface area (Å²) in [5, 5.41) is 0. The van der Waals surface area contributed by atoms with Gasteiger partial charge in [-0.3, -0.25) is 0 Å². The van der Waals surface area contributed by atoms with E-state index in [1.165, 1.54) is 0 Å². The Bertz CT molecular complexity index is 150. The van der Waals surface area contributed by atoms with Gasteiger partial charge in [-0.05, 0) is 6.42 Å². The molecule has 0 bridgehead atoms. The van der Waals surface area contributed by atoms with Gasteiger partial charge in [-0.1, -0.05) is 31.7 Å². The summed E-state index contributed by atoms with van der Waals surface area (Å²) in [7, 11) is -4.64. The average Bonchev–Trinajstić information content (AvgIpc) is 1.79. The van der Waals surface area contributed by atoms with Crippen molar-refractivity contribution in [3.63, 3.8) is 0 Å². The zero-order valence-corrected chi connectivity index (χ0v) is 7.24. The number of phosphoric acid groups is 1. The van der Waals surface area contributed by atoms with Gasteiger partial charge in [0.15, 0.2) is 0 Å². The van der Waals surface area contributed by atoms with Crippen LogP contribution >= 0.6 is 7.82 Å². The predicted molar refractivity (Wildman–Crippen MR) is 43.9 cm³/mol. The van der Waals surface area contributed by atoms with Crippen molar-refractivity contribution in [3.05, 3.63) is 24.8 Å². The molecule has 4 nitrogen and oxygen atoms in total. The van der Waals surface area contributed by atoms with E-state index in [0.29, 0.717) is 0 Å². The lowest BCUT2D eigenvalue weighted by Gasteiger charge is -1.82. The van der Waals surface area contributed by atoms with Crippen molar-refractivity contribution >= 4 is 7.82 Å². The fourth-order valence-corrected chi connectivity index (χ4v) is 0.232. The Balaban J connectivity index is 0. The molecule has 11 heavy (non-hydrogen) atoms. The second kappa shape index (κ2) is 7.69. The largest absolute Gasteiger partial charge is 0.466 e. The normalized spacial score (nSPS) is 10.5. The maximum Gasteiger partial charge on any atom is 0.466 e. The molecule has 0 atom stereocenters. The van der Waals surface area contributed by atoms with Gasteiger partial charge in [-0.2, -0.15) is 0 Å². The van der Waals surface area contributed by atoms with E-state index < -0.39 is 7.82 Å². The molecule has 0 aromatic rings. The molecule has 0 rings (SSSR count). The molecule has 0 amide bonds. The minimum atomic E-state index is -4.64. The van der Waals surface area contributed by atoms with Gasteiger partial charge in [0.05, 0.1) is 0 Å². The second-order valence-electron chi connectivity index (χ2n) is 1.59. The van der Waals surface area contributed by atoms with Gasteiger partial charge >= 0.3 is 7.82 Å². The smallest absolute Gasteiger partial charge is 0.303 e. The molecule has 0 aromatic heterocycles. The average molecular weight is 180 g/mol. The van der Waals surface area contributed by atoms with Crippen molar-refractivity contribution in [1.82, 2.24) is 0 Å². The fraction of sp³-hybridized carbons (Fsp3) is 0.333. The van der Waals surface area contributed by atoms with E-state index >= 15 is 0 Å². The molecule has 0 unspecified atom stereocenters. The quantitative estimate of drug-likeness (QED) is 0.441. The first-order valence-electron chi connectivity index (χ1n) is 2.97. The van der Waals surface area contributed by atoms with E-state index in [4.69, 9.17) is 19.2 Å². The van der Waals surface area contributed by atoms with Crippen LogP contribution in [0.25, 0.3) is 0 Å². The zero-order valence-electron chi connectivity index (χ0n) is 6.34. The lowest BCUT2D eigenvalue weighted by atomic mass is 10.4. The fourth-order valence-electron chi connectivity index (χ4n) is 0.232. The van der Waals surface area contributed by atoms with Crippen molar-refractivity contribution < 1.29 is 19.2 Å². The topological polar surface area (TPSA) is 77.8 Å². The summed E-state index contributed by atoms with van der Waals surface area (Å²) in [5.74, 6) is 0. The molecule has 66 valence electrons. The van der Waals surface area contributed by atoms with Crippen molar-refractivity contribution in [1.29, 1.82) is 0 Å². The van der Waals surface area contributed by atoms with Gasteiger partial charge in [0, 0.05) is 0 Å². The summed E-state index contributed by atoms with van der Waals surface area (Å²) in [6.45, 7) is 5.61. The first-order chi connectivity index (χ1) is 4.91.